The van der Waals surface area contributed by atoms with Gasteiger partial charge in [-0.2, -0.15) is 0 Å². The number of alkyl halides is 1. The molecule has 3 nitrogen and oxygen atoms in total. The number of nitrogens with zero attached hydrogens (tertiary/aromatic N) is 2. The lowest BCUT2D eigenvalue weighted by atomic mass is 10.3. The fourth-order valence-electron chi connectivity index (χ4n) is 2.36. The van der Waals surface area contributed by atoms with E-state index in [1.165, 1.54) is 12.8 Å². The minimum atomic E-state index is 0.412. The molecule has 20 heavy (non-hydrogen) atoms. The molecule has 0 unspecified atom stereocenters. The molecule has 1 aromatic carbocycles. The summed E-state index contributed by atoms with van der Waals surface area (Å²) >= 11 is 12.0. The van der Waals surface area contributed by atoms with Gasteiger partial charge in [-0.3, -0.25) is 0 Å². The number of benzene rings is 1. The molecule has 0 N–H and O–H groups in total. The number of ether oxygens (including phenoxy) is 1. The van der Waals surface area contributed by atoms with Crippen LogP contribution in [0.3, 0.4) is 0 Å². The van der Waals surface area contributed by atoms with Gasteiger partial charge in [0.05, 0.1) is 16.9 Å². The Labute approximate surface area is 128 Å². The number of rotatable bonds is 7. The average Bonchev–Trinajstić information content (AvgIpc) is 3.20. The van der Waals surface area contributed by atoms with Crippen LogP contribution in [0.4, 0.5) is 0 Å². The van der Waals surface area contributed by atoms with Crippen LogP contribution in [-0.4, -0.2) is 22.8 Å². The van der Waals surface area contributed by atoms with Crippen LogP contribution >= 0.6 is 23.2 Å². The molecule has 0 aliphatic heterocycles. The van der Waals surface area contributed by atoms with E-state index in [1.54, 1.807) is 0 Å². The molecule has 108 valence electrons. The highest BCUT2D eigenvalue weighted by molar-refractivity contribution is 6.31. The molecular weight excluding hydrogens is 295 g/mol. The van der Waals surface area contributed by atoms with E-state index in [0.717, 1.165) is 49.0 Å². The Bertz CT molecular complexity index is 593. The topological polar surface area (TPSA) is 27.1 Å². The summed E-state index contributed by atoms with van der Waals surface area (Å²) in [6, 6.07) is 5.78. The minimum absolute atomic E-state index is 0.412. The van der Waals surface area contributed by atoms with Crippen LogP contribution in [-0.2, 0) is 17.2 Å². The molecule has 1 aromatic heterocycles. The van der Waals surface area contributed by atoms with Gasteiger partial charge in [-0.15, -0.1) is 11.6 Å². The second-order valence-electron chi connectivity index (χ2n) is 5.32. The van der Waals surface area contributed by atoms with Crippen molar-refractivity contribution in [3.05, 3.63) is 29.0 Å². The number of hydrogen-bond donors (Lipinski definition) is 0. The molecule has 1 fully saturated rings. The lowest BCUT2D eigenvalue weighted by Gasteiger charge is -2.08. The van der Waals surface area contributed by atoms with E-state index in [1.807, 2.05) is 18.2 Å². The van der Waals surface area contributed by atoms with Gasteiger partial charge in [0.15, 0.2) is 0 Å². The summed E-state index contributed by atoms with van der Waals surface area (Å²) in [6.45, 7) is 2.60. The minimum Gasteiger partial charge on any atom is -0.381 e. The first-order valence-electron chi connectivity index (χ1n) is 7.06. The third-order valence-electron chi connectivity index (χ3n) is 3.63. The molecule has 2 aromatic rings. The van der Waals surface area contributed by atoms with Gasteiger partial charge >= 0.3 is 0 Å². The van der Waals surface area contributed by atoms with E-state index in [0.29, 0.717) is 10.9 Å². The van der Waals surface area contributed by atoms with Gasteiger partial charge in [-0.05, 0) is 43.4 Å². The van der Waals surface area contributed by atoms with Crippen molar-refractivity contribution in [2.75, 3.05) is 13.2 Å². The van der Waals surface area contributed by atoms with Gasteiger partial charge < -0.3 is 9.30 Å². The van der Waals surface area contributed by atoms with Crippen LogP contribution in [0.15, 0.2) is 18.2 Å². The number of aryl methyl sites for hydroxylation is 1. The lowest BCUT2D eigenvalue weighted by Crippen LogP contribution is -2.06. The Morgan fingerprint density at radius 2 is 2.20 bits per heavy atom. The van der Waals surface area contributed by atoms with Gasteiger partial charge in [0.2, 0.25) is 0 Å². The summed E-state index contributed by atoms with van der Waals surface area (Å²) in [5.41, 5.74) is 2.00. The van der Waals surface area contributed by atoms with Crippen LogP contribution in [0.2, 0.25) is 5.02 Å². The molecule has 1 heterocycles. The summed E-state index contributed by atoms with van der Waals surface area (Å²) in [7, 11) is 0. The second kappa shape index (κ2) is 6.33. The van der Waals surface area contributed by atoms with E-state index < -0.39 is 0 Å². The monoisotopic (exact) mass is 312 g/mol. The SMILES string of the molecule is ClCc1nc2cc(Cl)ccc2n1CCCOCC1CC1. The van der Waals surface area contributed by atoms with Crippen molar-refractivity contribution in [3.8, 4) is 0 Å². The Hall–Kier alpha value is -0.770. The number of hydrogen-bond acceptors (Lipinski definition) is 2. The largest absolute Gasteiger partial charge is 0.381 e. The molecular formula is C15H18Cl2N2O. The van der Waals surface area contributed by atoms with Gasteiger partial charge in [0.25, 0.3) is 0 Å². The summed E-state index contributed by atoms with van der Waals surface area (Å²) in [4.78, 5) is 4.53. The van der Waals surface area contributed by atoms with Gasteiger partial charge in [-0.1, -0.05) is 11.6 Å². The predicted octanol–water partition coefficient (Wildman–Crippen LogP) is 4.25. The van der Waals surface area contributed by atoms with Crippen LogP contribution in [0, 0.1) is 5.92 Å². The molecule has 3 rings (SSSR count). The number of halogens is 2. The summed E-state index contributed by atoms with van der Waals surface area (Å²) in [6.07, 6.45) is 3.65. The Balaban J connectivity index is 1.65. The highest BCUT2D eigenvalue weighted by atomic mass is 35.5. The summed E-state index contributed by atoms with van der Waals surface area (Å²) in [5.74, 6) is 2.13. The molecule has 5 heteroatoms. The van der Waals surface area contributed by atoms with Crippen molar-refractivity contribution < 1.29 is 4.74 Å². The molecule has 0 amide bonds. The molecule has 0 radical (unpaired) electrons. The molecule has 1 saturated carbocycles. The van der Waals surface area contributed by atoms with Crippen LogP contribution < -0.4 is 0 Å². The summed E-state index contributed by atoms with van der Waals surface area (Å²) in [5, 5.41) is 0.705. The molecule has 0 bridgehead atoms. The van der Waals surface area contributed by atoms with E-state index in [4.69, 9.17) is 27.9 Å². The average molecular weight is 313 g/mol. The van der Waals surface area contributed by atoms with Crippen molar-refractivity contribution in [2.24, 2.45) is 5.92 Å². The first-order chi connectivity index (χ1) is 9.78. The quantitative estimate of drug-likeness (QED) is 0.564. The zero-order valence-corrected chi connectivity index (χ0v) is 12.8. The number of fused-ring (bicyclic) bond motifs is 1. The third kappa shape index (κ3) is 3.27. The Kier molecular flexibility index (Phi) is 4.49. The van der Waals surface area contributed by atoms with Crippen molar-refractivity contribution in [1.29, 1.82) is 0 Å². The van der Waals surface area contributed by atoms with Gasteiger partial charge in [0, 0.05) is 24.8 Å². The fourth-order valence-corrected chi connectivity index (χ4v) is 2.73. The standard InChI is InChI=1S/C15H18Cl2N2O/c16-9-15-18-13-8-12(17)4-5-14(13)19(15)6-1-7-20-10-11-2-3-11/h4-5,8,11H,1-3,6-7,9-10H2. The number of aromatic nitrogens is 2. The normalized spacial score (nSPS) is 15.1. The smallest absolute Gasteiger partial charge is 0.124 e. The maximum atomic E-state index is 6.00. The molecule has 1 aliphatic rings. The maximum absolute atomic E-state index is 6.00. The van der Waals surface area contributed by atoms with Crippen molar-refractivity contribution in [3.63, 3.8) is 0 Å². The van der Waals surface area contributed by atoms with E-state index in [9.17, 15) is 0 Å². The van der Waals surface area contributed by atoms with Crippen LogP contribution in [0.5, 0.6) is 0 Å². The Morgan fingerprint density at radius 3 is 2.95 bits per heavy atom. The van der Waals surface area contributed by atoms with E-state index in [-0.39, 0.29) is 0 Å². The van der Waals surface area contributed by atoms with Crippen molar-refractivity contribution in [1.82, 2.24) is 9.55 Å². The van der Waals surface area contributed by atoms with E-state index >= 15 is 0 Å². The van der Waals surface area contributed by atoms with Crippen molar-refractivity contribution in [2.45, 2.75) is 31.7 Å². The molecule has 0 atom stereocenters. The molecule has 1 aliphatic carbocycles. The maximum Gasteiger partial charge on any atom is 0.124 e. The Morgan fingerprint density at radius 1 is 1.35 bits per heavy atom. The zero-order valence-electron chi connectivity index (χ0n) is 11.3. The highest BCUT2D eigenvalue weighted by Crippen LogP contribution is 2.28. The van der Waals surface area contributed by atoms with Gasteiger partial charge in [-0.25, -0.2) is 4.98 Å². The third-order valence-corrected chi connectivity index (χ3v) is 4.10. The highest BCUT2D eigenvalue weighted by Gasteiger charge is 2.20. The predicted molar refractivity (Wildman–Crippen MR) is 82.5 cm³/mol. The molecule has 0 saturated heterocycles. The zero-order chi connectivity index (χ0) is 13.9. The molecule has 0 spiro atoms. The lowest BCUT2D eigenvalue weighted by molar-refractivity contribution is 0.119. The van der Waals surface area contributed by atoms with Gasteiger partial charge in [0.1, 0.15) is 5.82 Å². The second-order valence-corrected chi connectivity index (χ2v) is 6.02. The van der Waals surface area contributed by atoms with Crippen molar-refractivity contribution >= 4 is 34.2 Å². The summed E-state index contributed by atoms with van der Waals surface area (Å²) < 4.78 is 7.84. The first-order valence-corrected chi connectivity index (χ1v) is 7.97. The van der Waals surface area contributed by atoms with E-state index in [2.05, 4.69) is 9.55 Å². The first kappa shape index (κ1) is 14.2. The van der Waals surface area contributed by atoms with Crippen LogP contribution in [0.25, 0.3) is 11.0 Å². The fraction of sp³-hybridized carbons (Fsp3) is 0.533. The van der Waals surface area contributed by atoms with Crippen LogP contribution in [0.1, 0.15) is 25.1 Å². The number of imidazole rings is 1.